The number of guanidine groups is 1. The van der Waals surface area contributed by atoms with Gasteiger partial charge in [0.2, 0.25) is 0 Å². The summed E-state index contributed by atoms with van der Waals surface area (Å²) in [5.74, 6) is 1.69. The molecule has 1 rings (SSSR count). The van der Waals surface area contributed by atoms with E-state index in [1.807, 2.05) is 31.2 Å². The number of hydrogen-bond donors (Lipinski definition) is 2. The summed E-state index contributed by atoms with van der Waals surface area (Å²) < 4.78 is 16.4. The number of ether oxygens (including phenoxy) is 3. The van der Waals surface area contributed by atoms with Crippen molar-refractivity contribution in [3.63, 3.8) is 0 Å². The van der Waals surface area contributed by atoms with Crippen molar-refractivity contribution >= 4 is 29.9 Å². The van der Waals surface area contributed by atoms with Crippen LogP contribution in [0.3, 0.4) is 0 Å². The normalized spacial score (nSPS) is 11.0. The molecule has 0 aliphatic rings. The first kappa shape index (κ1) is 24.9. The molecule has 7 heteroatoms. The highest BCUT2D eigenvalue weighted by atomic mass is 127. The summed E-state index contributed by atoms with van der Waals surface area (Å²) >= 11 is 0. The number of nitrogens with one attached hydrogen (secondary N) is 2. The highest BCUT2D eigenvalue weighted by molar-refractivity contribution is 14.0. The summed E-state index contributed by atoms with van der Waals surface area (Å²) in [6.07, 6.45) is 2.07. The number of aliphatic imine (C=N–C) groups is 1. The number of benzene rings is 1. The molecular formula is C19H34IN3O3. The fourth-order valence-electron chi connectivity index (χ4n) is 2.24. The van der Waals surface area contributed by atoms with Gasteiger partial charge in [-0.3, -0.25) is 4.99 Å². The maximum Gasteiger partial charge on any atom is 0.191 e. The topological polar surface area (TPSA) is 64.1 Å². The first-order valence-electron chi connectivity index (χ1n) is 9.11. The average Bonchev–Trinajstić information content (AvgIpc) is 2.64. The number of rotatable bonds is 13. The molecule has 0 aliphatic heterocycles. The quantitative estimate of drug-likeness (QED) is 0.197. The Morgan fingerprint density at radius 2 is 1.85 bits per heavy atom. The molecule has 0 unspecified atom stereocenters. The van der Waals surface area contributed by atoms with Crippen LogP contribution < -0.4 is 15.4 Å². The number of halogens is 1. The van der Waals surface area contributed by atoms with Gasteiger partial charge in [-0.15, -0.1) is 24.0 Å². The van der Waals surface area contributed by atoms with Crippen LogP contribution in [0.5, 0.6) is 5.75 Å². The van der Waals surface area contributed by atoms with Crippen LogP contribution in [0.2, 0.25) is 0 Å². The first-order valence-corrected chi connectivity index (χ1v) is 9.11. The van der Waals surface area contributed by atoms with Crippen molar-refractivity contribution in [3.8, 4) is 5.75 Å². The number of nitrogens with zero attached hydrogens (tertiary/aromatic N) is 1. The molecule has 0 fully saturated rings. The smallest absolute Gasteiger partial charge is 0.191 e. The maximum absolute atomic E-state index is 5.72. The Morgan fingerprint density at radius 1 is 1.04 bits per heavy atom. The molecule has 0 aliphatic carbocycles. The number of hydrogen-bond acceptors (Lipinski definition) is 4. The molecule has 0 radical (unpaired) electrons. The standard InChI is InChI=1S/C19H33N3O3.HI/c1-4-20-19(21-12-8-9-14-24-5-2)22-13-15-25-16-17-10-6-7-11-18(17)23-3;/h6-7,10-11H,4-5,8-9,12-16H2,1-3H3,(H2,20,21,22);1H. The third kappa shape index (κ3) is 11.5. The highest BCUT2D eigenvalue weighted by Gasteiger charge is 2.01. The van der Waals surface area contributed by atoms with Gasteiger partial charge in [-0.25, -0.2) is 0 Å². The molecule has 6 nitrogen and oxygen atoms in total. The van der Waals surface area contributed by atoms with Gasteiger partial charge < -0.3 is 24.8 Å². The van der Waals surface area contributed by atoms with Crippen LogP contribution in [0.1, 0.15) is 32.3 Å². The Bertz CT molecular complexity index is 487. The summed E-state index contributed by atoms with van der Waals surface area (Å²) in [5.41, 5.74) is 1.06. The Kier molecular flexibility index (Phi) is 16.7. The van der Waals surface area contributed by atoms with E-state index < -0.39 is 0 Å². The van der Waals surface area contributed by atoms with Crippen LogP contribution in [0.25, 0.3) is 0 Å². The third-order valence-corrected chi connectivity index (χ3v) is 3.50. The van der Waals surface area contributed by atoms with Crippen molar-refractivity contribution < 1.29 is 14.2 Å². The van der Waals surface area contributed by atoms with Gasteiger partial charge >= 0.3 is 0 Å². The van der Waals surface area contributed by atoms with Gasteiger partial charge in [-0.1, -0.05) is 18.2 Å². The van der Waals surface area contributed by atoms with Crippen LogP contribution in [-0.2, 0) is 16.1 Å². The predicted octanol–water partition coefficient (Wildman–Crippen LogP) is 3.20. The van der Waals surface area contributed by atoms with Crippen molar-refractivity contribution in [3.05, 3.63) is 29.8 Å². The van der Waals surface area contributed by atoms with Crippen molar-refractivity contribution in [1.29, 1.82) is 0 Å². The average molecular weight is 479 g/mol. The second kappa shape index (κ2) is 17.4. The molecule has 0 saturated heterocycles. The minimum Gasteiger partial charge on any atom is -0.496 e. The fraction of sp³-hybridized carbons (Fsp3) is 0.632. The van der Waals surface area contributed by atoms with E-state index in [1.165, 1.54) is 0 Å². The molecule has 1 aromatic carbocycles. The Labute approximate surface area is 175 Å². The fourth-order valence-corrected chi connectivity index (χ4v) is 2.24. The van der Waals surface area contributed by atoms with E-state index >= 15 is 0 Å². The van der Waals surface area contributed by atoms with Gasteiger partial charge in [-0.05, 0) is 32.8 Å². The summed E-state index contributed by atoms with van der Waals surface area (Å²) in [6, 6.07) is 7.90. The molecule has 0 heterocycles. The lowest BCUT2D eigenvalue weighted by Gasteiger charge is -2.12. The van der Waals surface area contributed by atoms with Crippen LogP contribution in [0, 0.1) is 0 Å². The van der Waals surface area contributed by atoms with E-state index in [0.29, 0.717) is 19.8 Å². The molecule has 0 bridgehead atoms. The van der Waals surface area contributed by atoms with Gasteiger partial charge in [0, 0.05) is 38.4 Å². The minimum atomic E-state index is 0. The monoisotopic (exact) mass is 479 g/mol. The van der Waals surface area contributed by atoms with E-state index in [1.54, 1.807) is 7.11 Å². The second-order valence-corrected chi connectivity index (χ2v) is 5.46. The van der Waals surface area contributed by atoms with Crippen molar-refractivity contribution in [2.24, 2.45) is 4.99 Å². The first-order chi connectivity index (χ1) is 12.3. The molecule has 0 amide bonds. The number of unbranched alkanes of at least 4 members (excludes halogenated alkanes) is 1. The van der Waals surface area contributed by atoms with Crippen LogP contribution in [0.4, 0.5) is 0 Å². The molecule has 0 saturated carbocycles. The molecule has 1 aromatic rings. The van der Waals surface area contributed by atoms with E-state index in [9.17, 15) is 0 Å². The van der Waals surface area contributed by atoms with E-state index in [-0.39, 0.29) is 24.0 Å². The van der Waals surface area contributed by atoms with Crippen LogP contribution >= 0.6 is 24.0 Å². The molecule has 150 valence electrons. The van der Waals surface area contributed by atoms with Gasteiger partial charge in [0.1, 0.15) is 5.75 Å². The molecular weight excluding hydrogens is 445 g/mol. The minimum absolute atomic E-state index is 0. The molecule has 2 N–H and O–H groups in total. The zero-order valence-electron chi connectivity index (χ0n) is 16.3. The van der Waals surface area contributed by atoms with E-state index in [2.05, 4.69) is 22.5 Å². The summed E-state index contributed by atoms with van der Waals surface area (Å²) in [4.78, 5) is 4.56. The Balaban J connectivity index is 0.00000625. The van der Waals surface area contributed by atoms with Gasteiger partial charge in [0.25, 0.3) is 0 Å². The van der Waals surface area contributed by atoms with Gasteiger partial charge in [0.15, 0.2) is 5.96 Å². The molecule has 0 spiro atoms. The largest absolute Gasteiger partial charge is 0.496 e. The van der Waals surface area contributed by atoms with Crippen molar-refractivity contribution in [2.75, 3.05) is 46.6 Å². The zero-order valence-corrected chi connectivity index (χ0v) is 18.6. The summed E-state index contributed by atoms with van der Waals surface area (Å²) in [5, 5.41) is 6.53. The van der Waals surface area contributed by atoms with Crippen molar-refractivity contribution in [1.82, 2.24) is 10.6 Å². The third-order valence-electron chi connectivity index (χ3n) is 3.50. The molecule has 0 aromatic heterocycles. The van der Waals surface area contributed by atoms with Crippen LogP contribution in [-0.4, -0.2) is 52.5 Å². The second-order valence-electron chi connectivity index (χ2n) is 5.46. The van der Waals surface area contributed by atoms with Gasteiger partial charge in [-0.2, -0.15) is 0 Å². The number of para-hydroxylation sites is 1. The predicted molar refractivity (Wildman–Crippen MR) is 118 cm³/mol. The lowest BCUT2D eigenvalue weighted by atomic mass is 10.2. The van der Waals surface area contributed by atoms with E-state index in [4.69, 9.17) is 14.2 Å². The van der Waals surface area contributed by atoms with Crippen LogP contribution in [0.15, 0.2) is 29.3 Å². The molecule has 0 atom stereocenters. The molecule has 26 heavy (non-hydrogen) atoms. The number of methoxy groups -OCH3 is 1. The summed E-state index contributed by atoms with van der Waals surface area (Å²) in [6.45, 7) is 9.15. The highest BCUT2D eigenvalue weighted by Crippen LogP contribution is 2.17. The SMILES string of the molecule is CCNC(=NCCCCOCC)NCCOCc1ccccc1OC.I. The Morgan fingerprint density at radius 3 is 2.58 bits per heavy atom. The van der Waals surface area contributed by atoms with Gasteiger partial charge in [0.05, 0.1) is 20.3 Å². The zero-order chi connectivity index (χ0) is 18.2. The van der Waals surface area contributed by atoms with Crippen molar-refractivity contribution in [2.45, 2.75) is 33.3 Å². The summed E-state index contributed by atoms with van der Waals surface area (Å²) in [7, 11) is 1.67. The Hall–Kier alpha value is -1.06. The maximum atomic E-state index is 5.72. The lowest BCUT2D eigenvalue weighted by molar-refractivity contribution is 0.123. The van der Waals surface area contributed by atoms with E-state index in [0.717, 1.165) is 56.4 Å². The lowest BCUT2D eigenvalue weighted by Crippen LogP contribution is -2.39.